The third kappa shape index (κ3) is 2.90. The van der Waals surface area contributed by atoms with E-state index in [1.165, 1.54) is 13.2 Å². The molecule has 1 rings (SSSR count). The highest BCUT2D eigenvalue weighted by Gasteiger charge is 2.27. The summed E-state index contributed by atoms with van der Waals surface area (Å²) in [4.78, 5) is 22.5. The molecule has 1 aromatic carbocycles. The standard InChI is InChI=1S/C13H15BrO4/c1-13(2,3)9-6-7(14)5-8(11(9)18-4)10(15)12(16)17/h5-6H,1-4H3,(H,16,17). The SMILES string of the molecule is COc1c(C(=O)C(=O)O)cc(Br)cc1C(C)(C)C. The summed E-state index contributed by atoms with van der Waals surface area (Å²) >= 11 is 3.29. The van der Waals surface area contributed by atoms with E-state index in [0.717, 1.165) is 5.56 Å². The minimum absolute atomic E-state index is 0.0595. The summed E-state index contributed by atoms with van der Waals surface area (Å²) < 4.78 is 5.88. The molecule has 0 heterocycles. The summed E-state index contributed by atoms with van der Waals surface area (Å²) in [6, 6.07) is 3.29. The maximum Gasteiger partial charge on any atom is 0.377 e. The Balaban J connectivity index is 3.58. The number of hydrogen-bond donors (Lipinski definition) is 1. The molecule has 0 saturated heterocycles. The zero-order valence-electron chi connectivity index (χ0n) is 10.7. The molecular formula is C13H15BrO4. The van der Waals surface area contributed by atoms with Crippen molar-refractivity contribution < 1.29 is 19.4 Å². The highest BCUT2D eigenvalue weighted by Crippen LogP contribution is 2.36. The van der Waals surface area contributed by atoms with Gasteiger partial charge in [-0.2, -0.15) is 0 Å². The summed E-state index contributed by atoms with van der Waals surface area (Å²) in [6.07, 6.45) is 0. The normalized spacial score (nSPS) is 11.2. The number of carbonyl (C=O) groups excluding carboxylic acids is 1. The first-order valence-corrected chi connectivity index (χ1v) is 6.13. The molecule has 0 aromatic heterocycles. The molecule has 0 aliphatic carbocycles. The quantitative estimate of drug-likeness (QED) is 0.688. The Morgan fingerprint density at radius 2 is 1.83 bits per heavy atom. The van der Waals surface area contributed by atoms with Crippen molar-refractivity contribution in [1.82, 2.24) is 0 Å². The van der Waals surface area contributed by atoms with Gasteiger partial charge in [0.05, 0.1) is 12.7 Å². The molecule has 0 bridgehead atoms. The van der Waals surface area contributed by atoms with Crippen molar-refractivity contribution in [3.8, 4) is 5.75 Å². The van der Waals surface area contributed by atoms with E-state index in [0.29, 0.717) is 10.2 Å². The Morgan fingerprint density at radius 3 is 2.22 bits per heavy atom. The van der Waals surface area contributed by atoms with Crippen molar-refractivity contribution in [2.45, 2.75) is 26.2 Å². The van der Waals surface area contributed by atoms with Gasteiger partial charge in [0, 0.05) is 10.0 Å². The van der Waals surface area contributed by atoms with Gasteiger partial charge in [0.1, 0.15) is 5.75 Å². The first kappa shape index (κ1) is 14.7. The Morgan fingerprint density at radius 1 is 1.28 bits per heavy atom. The van der Waals surface area contributed by atoms with E-state index < -0.39 is 11.8 Å². The van der Waals surface area contributed by atoms with Crippen molar-refractivity contribution in [3.63, 3.8) is 0 Å². The van der Waals surface area contributed by atoms with Gasteiger partial charge in [-0.25, -0.2) is 4.79 Å². The molecule has 0 saturated carbocycles. The van der Waals surface area contributed by atoms with Crippen LogP contribution in [-0.2, 0) is 10.2 Å². The van der Waals surface area contributed by atoms with E-state index in [4.69, 9.17) is 9.84 Å². The number of carbonyl (C=O) groups is 2. The first-order valence-electron chi connectivity index (χ1n) is 5.34. The second-order valence-corrected chi connectivity index (χ2v) is 5.83. The van der Waals surface area contributed by atoms with Gasteiger partial charge in [-0.15, -0.1) is 0 Å². The van der Waals surface area contributed by atoms with Crippen LogP contribution in [0.1, 0.15) is 36.7 Å². The van der Waals surface area contributed by atoms with Crippen LogP contribution in [0, 0.1) is 0 Å². The summed E-state index contributed by atoms with van der Waals surface area (Å²) in [5.74, 6) is -2.15. The molecule has 4 nitrogen and oxygen atoms in total. The fourth-order valence-corrected chi connectivity index (χ4v) is 2.11. The molecule has 5 heteroatoms. The summed E-state index contributed by atoms with van der Waals surface area (Å²) in [7, 11) is 1.43. The molecule has 98 valence electrons. The molecule has 0 unspecified atom stereocenters. The van der Waals surface area contributed by atoms with Crippen LogP contribution in [0.15, 0.2) is 16.6 Å². The predicted octanol–water partition coefficient (Wildman–Crippen LogP) is 3.02. The smallest absolute Gasteiger partial charge is 0.377 e. The lowest BCUT2D eigenvalue weighted by Crippen LogP contribution is -2.18. The van der Waals surface area contributed by atoms with E-state index in [1.807, 2.05) is 26.8 Å². The predicted molar refractivity (Wildman–Crippen MR) is 71.4 cm³/mol. The van der Waals surface area contributed by atoms with Crippen LogP contribution in [0.2, 0.25) is 0 Å². The number of ether oxygens (including phenoxy) is 1. The van der Waals surface area contributed by atoms with Gasteiger partial charge in [-0.1, -0.05) is 36.7 Å². The molecule has 0 spiro atoms. The monoisotopic (exact) mass is 314 g/mol. The second-order valence-electron chi connectivity index (χ2n) is 4.92. The van der Waals surface area contributed by atoms with Crippen LogP contribution in [-0.4, -0.2) is 24.0 Å². The van der Waals surface area contributed by atoms with Crippen molar-refractivity contribution in [2.24, 2.45) is 0 Å². The first-order chi connectivity index (χ1) is 8.18. The van der Waals surface area contributed by atoms with E-state index in [1.54, 1.807) is 0 Å². The van der Waals surface area contributed by atoms with Crippen LogP contribution >= 0.6 is 15.9 Å². The lowest BCUT2D eigenvalue weighted by Gasteiger charge is -2.23. The summed E-state index contributed by atoms with van der Waals surface area (Å²) in [5.41, 5.74) is 0.580. The minimum atomic E-state index is -1.49. The minimum Gasteiger partial charge on any atom is -0.496 e. The number of ketones is 1. The van der Waals surface area contributed by atoms with Gasteiger partial charge < -0.3 is 9.84 Å². The van der Waals surface area contributed by atoms with Crippen LogP contribution in [0.5, 0.6) is 5.75 Å². The van der Waals surface area contributed by atoms with E-state index in [9.17, 15) is 9.59 Å². The van der Waals surface area contributed by atoms with Crippen LogP contribution in [0.25, 0.3) is 0 Å². The number of aliphatic carboxylic acids is 1. The number of benzene rings is 1. The van der Waals surface area contributed by atoms with Gasteiger partial charge >= 0.3 is 5.97 Å². The average Bonchev–Trinajstić information content (AvgIpc) is 2.25. The van der Waals surface area contributed by atoms with Gasteiger partial charge in [0.2, 0.25) is 0 Å². The van der Waals surface area contributed by atoms with Crippen molar-refractivity contribution in [3.05, 3.63) is 27.7 Å². The fraction of sp³-hybridized carbons (Fsp3) is 0.385. The van der Waals surface area contributed by atoms with Crippen LogP contribution in [0.3, 0.4) is 0 Å². The lowest BCUT2D eigenvalue weighted by molar-refractivity contribution is -0.131. The maximum atomic E-state index is 11.7. The van der Waals surface area contributed by atoms with Gasteiger partial charge in [0.25, 0.3) is 5.78 Å². The highest BCUT2D eigenvalue weighted by molar-refractivity contribution is 9.10. The molecule has 0 amide bonds. The van der Waals surface area contributed by atoms with Gasteiger partial charge in [0.15, 0.2) is 0 Å². The van der Waals surface area contributed by atoms with Gasteiger partial charge in [-0.3, -0.25) is 4.79 Å². The molecule has 1 N–H and O–H groups in total. The Labute approximate surface area is 114 Å². The molecule has 0 fully saturated rings. The van der Waals surface area contributed by atoms with Crippen LogP contribution in [0.4, 0.5) is 0 Å². The molecule has 0 atom stereocenters. The number of halogens is 1. The molecular weight excluding hydrogens is 300 g/mol. The fourth-order valence-electron chi connectivity index (χ4n) is 1.65. The second kappa shape index (κ2) is 5.10. The maximum absolute atomic E-state index is 11.7. The molecule has 0 aliphatic heterocycles. The number of carboxylic acids is 1. The third-order valence-electron chi connectivity index (χ3n) is 2.50. The molecule has 1 aromatic rings. The molecule has 18 heavy (non-hydrogen) atoms. The summed E-state index contributed by atoms with van der Waals surface area (Å²) in [5, 5.41) is 8.82. The lowest BCUT2D eigenvalue weighted by atomic mass is 9.84. The number of hydrogen-bond acceptors (Lipinski definition) is 3. The van der Waals surface area contributed by atoms with E-state index >= 15 is 0 Å². The van der Waals surface area contributed by atoms with Crippen molar-refractivity contribution in [2.75, 3.05) is 7.11 Å². The number of methoxy groups -OCH3 is 1. The largest absolute Gasteiger partial charge is 0.496 e. The van der Waals surface area contributed by atoms with Crippen molar-refractivity contribution in [1.29, 1.82) is 0 Å². The van der Waals surface area contributed by atoms with E-state index in [2.05, 4.69) is 15.9 Å². The zero-order chi connectivity index (χ0) is 14.1. The Bertz CT molecular complexity index is 500. The number of Topliss-reactive ketones (excluding diaryl/α,β-unsaturated/α-hetero) is 1. The van der Waals surface area contributed by atoms with Crippen molar-refractivity contribution >= 4 is 27.7 Å². The highest BCUT2D eigenvalue weighted by atomic mass is 79.9. The average molecular weight is 315 g/mol. The third-order valence-corrected chi connectivity index (χ3v) is 2.96. The number of carboxylic acid groups (broad SMARTS) is 1. The Hall–Kier alpha value is -1.36. The summed E-state index contributed by atoms with van der Waals surface area (Å²) in [6.45, 7) is 5.89. The van der Waals surface area contributed by atoms with Gasteiger partial charge in [-0.05, 0) is 17.5 Å². The van der Waals surface area contributed by atoms with E-state index in [-0.39, 0.29) is 11.0 Å². The topological polar surface area (TPSA) is 63.6 Å². The number of rotatable bonds is 3. The molecule has 0 aliphatic rings. The zero-order valence-corrected chi connectivity index (χ0v) is 12.3. The molecule has 0 radical (unpaired) electrons. The Kier molecular flexibility index (Phi) is 4.16. The van der Waals surface area contributed by atoms with Crippen LogP contribution < -0.4 is 4.74 Å².